The number of aryl methyl sites for hydroxylation is 1. The van der Waals surface area contributed by atoms with Gasteiger partial charge in [-0.05, 0) is 26.0 Å². The summed E-state index contributed by atoms with van der Waals surface area (Å²) in [7, 11) is 0. The fraction of sp³-hybridized carbons (Fsp3) is 0.462. The van der Waals surface area contributed by atoms with Gasteiger partial charge in [0.1, 0.15) is 10.8 Å². The lowest BCUT2D eigenvalue weighted by Gasteiger charge is -2.13. The van der Waals surface area contributed by atoms with Crippen LogP contribution in [0.25, 0.3) is 0 Å². The molecule has 2 aromatic rings. The van der Waals surface area contributed by atoms with Gasteiger partial charge in [-0.15, -0.1) is 11.3 Å². The van der Waals surface area contributed by atoms with Crippen LogP contribution in [-0.2, 0) is 6.54 Å². The van der Waals surface area contributed by atoms with E-state index in [4.69, 9.17) is 0 Å². The Kier molecular flexibility index (Phi) is 3.34. The Labute approximate surface area is 111 Å². The molecule has 18 heavy (non-hydrogen) atoms. The van der Waals surface area contributed by atoms with Crippen molar-refractivity contribution in [3.8, 4) is 0 Å². The molecule has 0 amide bonds. The van der Waals surface area contributed by atoms with E-state index >= 15 is 0 Å². The van der Waals surface area contributed by atoms with E-state index < -0.39 is 0 Å². The molecule has 94 valence electrons. The van der Waals surface area contributed by atoms with Crippen LogP contribution in [0.3, 0.4) is 0 Å². The summed E-state index contributed by atoms with van der Waals surface area (Å²) < 4.78 is 0. The monoisotopic (exact) mass is 260 g/mol. The molecule has 4 nitrogen and oxygen atoms in total. The summed E-state index contributed by atoms with van der Waals surface area (Å²) in [6, 6.07) is 1.95. The van der Waals surface area contributed by atoms with Crippen molar-refractivity contribution in [3.05, 3.63) is 40.4 Å². The van der Waals surface area contributed by atoms with Crippen LogP contribution in [0.1, 0.15) is 28.9 Å². The highest BCUT2D eigenvalue weighted by Gasteiger charge is 2.26. The Hall–Kier alpha value is -1.33. The quantitative estimate of drug-likeness (QED) is 0.848. The summed E-state index contributed by atoms with van der Waals surface area (Å²) in [6.07, 6.45) is 4.88. The zero-order chi connectivity index (χ0) is 12.4. The second kappa shape index (κ2) is 5.12. The molecular weight excluding hydrogens is 244 g/mol. The fourth-order valence-electron chi connectivity index (χ4n) is 2.37. The van der Waals surface area contributed by atoms with Gasteiger partial charge in [-0.3, -0.25) is 4.90 Å². The average molecular weight is 260 g/mol. The van der Waals surface area contributed by atoms with Crippen LogP contribution in [0, 0.1) is 6.92 Å². The third-order valence-electron chi connectivity index (χ3n) is 3.29. The standard InChI is InChI=1S/C13H16N4S/c1-10-2-4-15-13(16-10)11-3-6-17(8-11)9-12-14-5-7-18-12/h2,4-5,7,11H,3,6,8-9H2,1H3. The molecule has 0 radical (unpaired) electrons. The molecule has 1 saturated heterocycles. The molecule has 0 N–H and O–H groups in total. The Morgan fingerprint density at radius 3 is 3.11 bits per heavy atom. The minimum Gasteiger partial charge on any atom is -0.296 e. The molecular formula is C13H16N4S. The molecule has 1 fully saturated rings. The normalized spacial score (nSPS) is 20.4. The lowest BCUT2D eigenvalue weighted by atomic mass is 10.1. The average Bonchev–Trinajstić information content (AvgIpc) is 3.01. The van der Waals surface area contributed by atoms with Crippen molar-refractivity contribution >= 4 is 11.3 Å². The topological polar surface area (TPSA) is 41.9 Å². The van der Waals surface area contributed by atoms with Gasteiger partial charge in [0.25, 0.3) is 0 Å². The largest absolute Gasteiger partial charge is 0.296 e. The summed E-state index contributed by atoms with van der Waals surface area (Å²) >= 11 is 1.73. The maximum atomic E-state index is 4.54. The first-order valence-electron chi connectivity index (χ1n) is 6.21. The SMILES string of the molecule is Cc1ccnc(C2CCN(Cc3nccs3)C2)n1. The maximum absolute atomic E-state index is 4.54. The molecule has 0 aromatic carbocycles. The van der Waals surface area contributed by atoms with Crippen LogP contribution in [0.2, 0.25) is 0 Å². The second-order valence-electron chi connectivity index (χ2n) is 4.70. The second-order valence-corrected chi connectivity index (χ2v) is 5.68. The minimum atomic E-state index is 0.477. The highest BCUT2D eigenvalue weighted by Crippen LogP contribution is 2.26. The van der Waals surface area contributed by atoms with Crippen molar-refractivity contribution in [2.45, 2.75) is 25.8 Å². The van der Waals surface area contributed by atoms with Crippen LogP contribution in [-0.4, -0.2) is 32.9 Å². The lowest BCUT2D eigenvalue weighted by Crippen LogP contribution is -2.20. The number of hydrogen-bond donors (Lipinski definition) is 0. The third-order valence-corrected chi connectivity index (χ3v) is 4.06. The number of likely N-dealkylation sites (tertiary alicyclic amines) is 1. The van der Waals surface area contributed by atoms with Gasteiger partial charge >= 0.3 is 0 Å². The number of rotatable bonds is 3. The molecule has 1 aliphatic rings. The highest BCUT2D eigenvalue weighted by atomic mass is 32.1. The zero-order valence-electron chi connectivity index (χ0n) is 10.4. The molecule has 1 aliphatic heterocycles. The molecule has 1 unspecified atom stereocenters. The van der Waals surface area contributed by atoms with Crippen molar-refractivity contribution in [2.75, 3.05) is 13.1 Å². The van der Waals surface area contributed by atoms with E-state index in [1.54, 1.807) is 11.3 Å². The van der Waals surface area contributed by atoms with Crippen LogP contribution in [0.5, 0.6) is 0 Å². The zero-order valence-corrected chi connectivity index (χ0v) is 11.2. The van der Waals surface area contributed by atoms with E-state index in [9.17, 15) is 0 Å². The van der Waals surface area contributed by atoms with Crippen molar-refractivity contribution in [1.29, 1.82) is 0 Å². The Morgan fingerprint density at radius 1 is 1.39 bits per heavy atom. The van der Waals surface area contributed by atoms with Crippen molar-refractivity contribution in [1.82, 2.24) is 19.9 Å². The van der Waals surface area contributed by atoms with Gasteiger partial charge in [0.05, 0.1) is 6.54 Å². The number of nitrogens with zero attached hydrogens (tertiary/aromatic N) is 4. The summed E-state index contributed by atoms with van der Waals surface area (Å²) in [4.78, 5) is 15.7. The third kappa shape index (κ3) is 2.57. The molecule has 3 heterocycles. The molecule has 3 rings (SSSR count). The van der Waals surface area contributed by atoms with Gasteiger partial charge in [-0.25, -0.2) is 15.0 Å². The van der Waals surface area contributed by atoms with E-state index in [0.29, 0.717) is 5.92 Å². The van der Waals surface area contributed by atoms with Crippen LogP contribution in [0.4, 0.5) is 0 Å². The number of thiazole rings is 1. The molecule has 1 atom stereocenters. The first-order chi connectivity index (χ1) is 8.81. The lowest BCUT2D eigenvalue weighted by molar-refractivity contribution is 0.325. The summed E-state index contributed by atoms with van der Waals surface area (Å²) in [5, 5.41) is 3.23. The van der Waals surface area contributed by atoms with Crippen LogP contribution >= 0.6 is 11.3 Å². The van der Waals surface area contributed by atoms with Crippen molar-refractivity contribution in [2.24, 2.45) is 0 Å². The van der Waals surface area contributed by atoms with Gasteiger partial charge in [0, 0.05) is 35.9 Å². The summed E-state index contributed by atoms with van der Waals surface area (Å²) in [5.41, 5.74) is 1.05. The molecule has 0 aliphatic carbocycles. The van der Waals surface area contributed by atoms with Gasteiger partial charge < -0.3 is 0 Å². The first kappa shape index (κ1) is 11.7. The van der Waals surface area contributed by atoms with Crippen molar-refractivity contribution < 1.29 is 0 Å². The maximum Gasteiger partial charge on any atom is 0.132 e. The molecule has 0 bridgehead atoms. The van der Waals surface area contributed by atoms with E-state index in [1.165, 1.54) is 5.01 Å². The molecule has 2 aromatic heterocycles. The van der Waals surface area contributed by atoms with Crippen molar-refractivity contribution in [3.63, 3.8) is 0 Å². The molecule has 0 spiro atoms. The molecule has 5 heteroatoms. The van der Waals surface area contributed by atoms with E-state index in [1.807, 2.05) is 30.8 Å². The Balaban J connectivity index is 1.65. The van der Waals surface area contributed by atoms with Gasteiger partial charge in [0.2, 0.25) is 0 Å². The van der Waals surface area contributed by atoms with Crippen LogP contribution < -0.4 is 0 Å². The van der Waals surface area contributed by atoms with E-state index in [2.05, 4.69) is 19.9 Å². The first-order valence-corrected chi connectivity index (χ1v) is 7.09. The number of aromatic nitrogens is 3. The predicted octanol–water partition coefficient (Wildman–Crippen LogP) is 2.23. The highest BCUT2D eigenvalue weighted by molar-refractivity contribution is 7.09. The van der Waals surface area contributed by atoms with E-state index in [-0.39, 0.29) is 0 Å². The smallest absolute Gasteiger partial charge is 0.132 e. The molecule has 0 saturated carbocycles. The predicted molar refractivity (Wildman–Crippen MR) is 71.5 cm³/mol. The van der Waals surface area contributed by atoms with Crippen LogP contribution in [0.15, 0.2) is 23.8 Å². The minimum absolute atomic E-state index is 0.477. The summed E-state index contributed by atoms with van der Waals surface area (Å²) in [5.74, 6) is 1.47. The van der Waals surface area contributed by atoms with Gasteiger partial charge in [-0.2, -0.15) is 0 Å². The Bertz CT molecular complexity index is 511. The van der Waals surface area contributed by atoms with E-state index in [0.717, 1.165) is 37.6 Å². The number of hydrogen-bond acceptors (Lipinski definition) is 5. The summed E-state index contributed by atoms with van der Waals surface area (Å²) in [6.45, 7) is 5.14. The Morgan fingerprint density at radius 2 is 2.33 bits per heavy atom. The van der Waals surface area contributed by atoms with Gasteiger partial charge in [-0.1, -0.05) is 0 Å². The fourth-order valence-corrected chi connectivity index (χ4v) is 3.03. The van der Waals surface area contributed by atoms with Gasteiger partial charge in [0.15, 0.2) is 0 Å².